The van der Waals surface area contributed by atoms with E-state index in [1.807, 2.05) is 24.3 Å². The summed E-state index contributed by atoms with van der Waals surface area (Å²) in [6.45, 7) is 6.54. The Morgan fingerprint density at radius 2 is 1.83 bits per heavy atom. The van der Waals surface area contributed by atoms with Crippen LogP contribution in [0.3, 0.4) is 0 Å². The summed E-state index contributed by atoms with van der Waals surface area (Å²) in [5.41, 5.74) is 7.77. The minimum absolute atomic E-state index is 0.253. The number of nitrogens with one attached hydrogen (secondary N) is 1. The SMILES string of the molecule is CCC(=O)NC(C(=O)O)C(CCCN)c1ccc(CC(C)C)cc1. The Bertz CT molecular complexity index is 526. The molecule has 0 aliphatic heterocycles. The molecule has 1 aromatic carbocycles. The van der Waals surface area contributed by atoms with E-state index in [2.05, 4.69) is 19.2 Å². The highest BCUT2D eigenvalue weighted by atomic mass is 16.4. The Labute approximate surface area is 144 Å². The van der Waals surface area contributed by atoms with Gasteiger partial charge in [0.25, 0.3) is 0 Å². The second-order valence-corrected chi connectivity index (χ2v) is 6.61. The van der Waals surface area contributed by atoms with Crippen molar-refractivity contribution in [3.63, 3.8) is 0 Å². The first-order chi connectivity index (χ1) is 11.4. The number of amides is 1. The summed E-state index contributed by atoms with van der Waals surface area (Å²) in [5, 5.41) is 12.2. The van der Waals surface area contributed by atoms with Gasteiger partial charge < -0.3 is 16.2 Å². The number of carbonyl (C=O) groups excluding carboxylic acids is 1. The largest absolute Gasteiger partial charge is 0.480 e. The van der Waals surface area contributed by atoms with E-state index >= 15 is 0 Å². The second kappa shape index (κ2) is 10.1. The maximum absolute atomic E-state index is 11.7. The van der Waals surface area contributed by atoms with Crippen molar-refractivity contribution in [2.45, 2.75) is 58.4 Å². The van der Waals surface area contributed by atoms with Gasteiger partial charge in [0.15, 0.2) is 0 Å². The maximum atomic E-state index is 11.7. The van der Waals surface area contributed by atoms with E-state index in [-0.39, 0.29) is 18.2 Å². The van der Waals surface area contributed by atoms with Crippen LogP contribution in [0.1, 0.15) is 57.1 Å². The zero-order valence-corrected chi connectivity index (χ0v) is 14.9. The molecular formula is C19H30N2O3. The first-order valence-electron chi connectivity index (χ1n) is 8.70. The summed E-state index contributed by atoms with van der Waals surface area (Å²) in [6.07, 6.45) is 2.59. The van der Waals surface area contributed by atoms with Crippen molar-refractivity contribution < 1.29 is 14.7 Å². The van der Waals surface area contributed by atoms with Crippen LogP contribution in [0.5, 0.6) is 0 Å². The molecule has 4 N–H and O–H groups in total. The predicted octanol–water partition coefficient (Wildman–Crippen LogP) is 2.69. The third-order valence-corrected chi connectivity index (χ3v) is 4.08. The quantitative estimate of drug-likeness (QED) is 0.613. The molecule has 0 radical (unpaired) electrons. The van der Waals surface area contributed by atoms with Gasteiger partial charge in [0.1, 0.15) is 6.04 Å². The van der Waals surface area contributed by atoms with Crippen molar-refractivity contribution >= 4 is 11.9 Å². The molecule has 0 spiro atoms. The van der Waals surface area contributed by atoms with Gasteiger partial charge in [0, 0.05) is 12.3 Å². The fourth-order valence-corrected chi connectivity index (χ4v) is 2.85. The van der Waals surface area contributed by atoms with Crippen LogP contribution in [0.2, 0.25) is 0 Å². The number of rotatable bonds is 10. The summed E-state index contributed by atoms with van der Waals surface area (Å²) >= 11 is 0. The highest BCUT2D eigenvalue weighted by molar-refractivity contribution is 5.84. The monoisotopic (exact) mass is 334 g/mol. The summed E-state index contributed by atoms with van der Waals surface area (Å²) in [6, 6.07) is 7.12. The topological polar surface area (TPSA) is 92.4 Å². The highest BCUT2D eigenvalue weighted by Crippen LogP contribution is 2.26. The molecule has 0 bridgehead atoms. The molecular weight excluding hydrogens is 304 g/mol. The van der Waals surface area contributed by atoms with Crippen LogP contribution in [0, 0.1) is 5.92 Å². The van der Waals surface area contributed by atoms with Gasteiger partial charge in [-0.1, -0.05) is 45.0 Å². The molecule has 0 fully saturated rings. The number of hydrogen-bond acceptors (Lipinski definition) is 3. The number of nitrogens with two attached hydrogens (primary N) is 1. The third kappa shape index (κ3) is 6.32. The van der Waals surface area contributed by atoms with Crippen LogP contribution in [-0.2, 0) is 16.0 Å². The van der Waals surface area contributed by atoms with E-state index in [1.165, 1.54) is 5.56 Å². The summed E-state index contributed by atoms with van der Waals surface area (Å²) in [4.78, 5) is 23.4. The zero-order valence-electron chi connectivity index (χ0n) is 14.9. The Kier molecular flexibility index (Phi) is 8.47. The van der Waals surface area contributed by atoms with E-state index < -0.39 is 12.0 Å². The third-order valence-electron chi connectivity index (χ3n) is 4.08. The first kappa shape index (κ1) is 20.2. The predicted molar refractivity (Wildman–Crippen MR) is 95.9 cm³/mol. The molecule has 0 saturated heterocycles. The van der Waals surface area contributed by atoms with Crippen molar-refractivity contribution in [2.24, 2.45) is 11.7 Å². The van der Waals surface area contributed by atoms with E-state index in [9.17, 15) is 14.7 Å². The van der Waals surface area contributed by atoms with Gasteiger partial charge in [-0.25, -0.2) is 4.79 Å². The van der Waals surface area contributed by atoms with E-state index in [4.69, 9.17) is 5.73 Å². The molecule has 5 nitrogen and oxygen atoms in total. The number of aliphatic carboxylic acids is 1. The van der Waals surface area contributed by atoms with Gasteiger partial charge in [0.05, 0.1) is 0 Å². The molecule has 2 unspecified atom stereocenters. The highest BCUT2D eigenvalue weighted by Gasteiger charge is 2.30. The Hall–Kier alpha value is -1.88. The molecule has 0 saturated carbocycles. The van der Waals surface area contributed by atoms with Gasteiger partial charge in [-0.2, -0.15) is 0 Å². The van der Waals surface area contributed by atoms with Crippen LogP contribution in [0.4, 0.5) is 0 Å². The first-order valence-corrected chi connectivity index (χ1v) is 8.70. The molecule has 24 heavy (non-hydrogen) atoms. The Balaban J connectivity index is 3.04. The van der Waals surface area contributed by atoms with Crippen molar-refractivity contribution in [1.29, 1.82) is 0 Å². The van der Waals surface area contributed by atoms with Crippen LogP contribution in [0.15, 0.2) is 24.3 Å². The van der Waals surface area contributed by atoms with Gasteiger partial charge >= 0.3 is 5.97 Å². The van der Waals surface area contributed by atoms with Crippen molar-refractivity contribution in [3.05, 3.63) is 35.4 Å². The normalized spacial score (nSPS) is 13.5. The molecule has 0 aromatic heterocycles. The molecule has 1 rings (SSSR count). The van der Waals surface area contributed by atoms with Gasteiger partial charge in [-0.15, -0.1) is 0 Å². The smallest absolute Gasteiger partial charge is 0.326 e. The van der Waals surface area contributed by atoms with Gasteiger partial charge in [-0.05, 0) is 42.9 Å². The Morgan fingerprint density at radius 3 is 2.29 bits per heavy atom. The number of hydrogen-bond donors (Lipinski definition) is 3. The van der Waals surface area contributed by atoms with E-state index in [1.54, 1.807) is 6.92 Å². The molecule has 1 aromatic rings. The minimum Gasteiger partial charge on any atom is -0.480 e. The second-order valence-electron chi connectivity index (χ2n) is 6.61. The maximum Gasteiger partial charge on any atom is 0.326 e. The molecule has 5 heteroatoms. The summed E-state index contributed by atoms with van der Waals surface area (Å²) in [7, 11) is 0. The fourth-order valence-electron chi connectivity index (χ4n) is 2.85. The standard InChI is InChI=1S/C19H30N2O3/c1-4-17(22)21-18(19(23)24)16(6-5-11-20)15-9-7-14(8-10-15)12-13(2)3/h7-10,13,16,18H,4-6,11-12,20H2,1-3H3,(H,21,22)(H,23,24). The zero-order chi connectivity index (χ0) is 18.1. The number of carboxylic acids is 1. The lowest BCUT2D eigenvalue weighted by Crippen LogP contribution is -2.44. The van der Waals surface area contributed by atoms with Crippen LogP contribution in [-0.4, -0.2) is 29.6 Å². The van der Waals surface area contributed by atoms with Crippen molar-refractivity contribution in [2.75, 3.05) is 6.54 Å². The van der Waals surface area contributed by atoms with Crippen LogP contribution in [0.25, 0.3) is 0 Å². The van der Waals surface area contributed by atoms with Gasteiger partial charge in [-0.3, -0.25) is 4.79 Å². The molecule has 0 aliphatic carbocycles. The van der Waals surface area contributed by atoms with Gasteiger partial charge in [0.2, 0.25) is 5.91 Å². The molecule has 2 atom stereocenters. The average molecular weight is 334 g/mol. The minimum atomic E-state index is -1.01. The van der Waals surface area contributed by atoms with Crippen LogP contribution >= 0.6 is 0 Å². The van der Waals surface area contributed by atoms with E-state index in [0.717, 1.165) is 12.0 Å². The number of carbonyl (C=O) groups is 2. The summed E-state index contributed by atoms with van der Waals surface area (Å²) in [5.74, 6) is -0.976. The summed E-state index contributed by atoms with van der Waals surface area (Å²) < 4.78 is 0. The average Bonchev–Trinajstić information content (AvgIpc) is 2.54. The molecule has 134 valence electrons. The molecule has 1 amide bonds. The lowest BCUT2D eigenvalue weighted by Gasteiger charge is -2.25. The lowest BCUT2D eigenvalue weighted by molar-refractivity contribution is -0.142. The Morgan fingerprint density at radius 1 is 1.21 bits per heavy atom. The number of benzene rings is 1. The van der Waals surface area contributed by atoms with Crippen molar-refractivity contribution in [1.82, 2.24) is 5.32 Å². The fraction of sp³-hybridized carbons (Fsp3) is 0.579. The molecule has 0 aliphatic rings. The van der Waals surface area contributed by atoms with E-state index in [0.29, 0.717) is 25.3 Å². The lowest BCUT2D eigenvalue weighted by atomic mass is 9.86. The number of carboxylic acid groups (broad SMARTS) is 1. The van der Waals surface area contributed by atoms with Crippen molar-refractivity contribution in [3.8, 4) is 0 Å². The molecule has 0 heterocycles. The van der Waals surface area contributed by atoms with Crippen LogP contribution < -0.4 is 11.1 Å².